The fourth-order valence-corrected chi connectivity index (χ4v) is 4.15. The van der Waals surface area contributed by atoms with Gasteiger partial charge in [-0.15, -0.1) is 0 Å². The molecular formula is C18H19ClN2O3S. The Balaban J connectivity index is 1.98. The van der Waals surface area contributed by atoms with Crippen molar-refractivity contribution in [3.8, 4) is 0 Å². The number of rotatable bonds is 6. The van der Waals surface area contributed by atoms with Crippen LogP contribution in [0.2, 0.25) is 5.02 Å². The molecule has 25 heavy (non-hydrogen) atoms. The number of sulfonamides is 1. The molecule has 0 radical (unpaired) electrons. The van der Waals surface area contributed by atoms with Crippen LogP contribution < -0.4 is 9.62 Å². The zero-order valence-electron chi connectivity index (χ0n) is 13.8. The van der Waals surface area contributed by atoms with Crippen molar-refractivity contribution < 1.29 is 13.2 Å². The fourth-order valence-electron chi connectivity index (χ4n) is 2.42. The van der Waals surface area contributed by atoms with Crippen molar-refractivity contribution in [1.29, 1.82) is 0 Å². The maximum absolute atomic E-state index is 13.1. The van der Waals surface area contributed by atoms with E-state index in [4.69, 9.17) is 11.6 Å². The van der Waals surface area contributed by atoms with Gasteiger partial charge in [-0.2, -0.15) is 0 Å². The van der Waals surface area contributed by atoms with Crippen LogP contribution in [0.4, 0.5) is 5.69 Å². The second-order valence-corrected chi connectivity index (χ2v) is 8.39. The second kappa shape index (κ2) is 7.06. The Morgan fingerprint density at radius 2 is 1.80 bits per heavy atom. The van der Waals surface area contributed by atoms with E-state index in [-0.39, 0.29) is 34.1 Å². The first-order valence-corrected chi connectivity index (χ1v) is 9.83. The van der Waals surface area contributed by atoms with E-state index < -0.39 is 10.0 Å². The molecule has 1 amide bonds. The molecule has 0 unspecified atom stereocenters. The molecule has 0 spiro atoms. The van der Waals surface area contributed by atoms with Crippen LogP contribution in [0, 0.1) is 6.92 Å². The Bertz CT molecular complexity index is 877. The molecule has 2 aromatic carbocycles. The first-order chi connectivity index (χ1) is 11.9. The average Bonchev–Trinajstić information content (AvgIpc) is 3.38. The number of carbonyl (C=O) groups is 1. The van der Waals surface area contributed by atoms with Crippen LogP contribution in [0.3, 0.4) is 0 Å². The molecule has 132 valence electrons. The first kappa shape index (κ1) is 17.8. The summed E-state index contributed by atoms with van der Waals surface area (Å²) in [7, 11) is -3.92. The molecule has 0 aromatic heterocycles. The summed E-state index contributed by atoms with van der Waals surface area (Å²) >= 11 is 6.20. The quantitative estimate of drug-likeness (QED) is 0.839. The van der Waals surface area contributed by atoms with E-state index in [1.165, 1.54) is 12.1 Å². The monoisotopic (exact) mass is 378 g/mol. The van der Waals surface area contributed by atoms with Crippen molar-refractivity contribution >= 4 is 33.2 Å². The van der Waals surface area contributed by atoms with Crippen LogP contribution in [0.25, 0.3) is 0 Å². The topological polar surface area (TPSA) is 66.5 Å². The smallest absolute Gasteiger partial charge is 0.264 e. The van der Waals surface area contributed by atoms with Crippen molar-refractivity contribution in [3.63, 3.8) is 0 Å². The zero-order valence-corrected chi connectivity index (χ0v) is 15.3. The SMILES string of the molecule is Cc1ccc(S(=O)(=O)N(CC(=O)NC2CC2)c2ccccc2Cl)cc1. The van der Waals surface area contributed by atoms with Gasteiger partial charge >= 0.3 is 0 Å². The van der Waals surface area contributed by atoms with Gasteiger partial charge in [-0.25, -0.2) is 8.42 Å². The first-order valence-electron chi connectivity index (χ1n) is 8.01. The van der Waals surface area contributed by atoms with Gasteiger partial charge in [0.25, 0.3) is 10.0 Å². The minimum atomic E-state index is -3.92. The van der Waals surface area contributed by atoms with Crippen LogP contribution in [0.1, 0.15) is 18.4 Å². The minimum absolute atomic E-state index is 0.122. The van der Waals surface area contributed by atoms with Crippen LogP contribution >= 0.6 is 11.6 Å². The summed E-state index contributed by atoms with van der Waals surface area (Å²) in [6.07, 6.45) is 1.87. The fraction of sp³-hybridized carbons (Fsp3) is 0.278. The second-order valence-electron chi connectivity index (χ2n) is 6.12. The molecule has 3 rings (SSSR count). The normalized spacial score (nSPS) is 14.2. The van der Waals surface area contributed by atoms with Gasteiger partial charge in [0.05, 0.1) is 15.6 Å². The number of carbonyl (C=O) groups excluding carboxylic acids is 1. The van der Waals surface area contributed by atoms with Gasteiger partial charge in [-0.05, 0) is 44.0 Å². The van der Waals surface area contributed by atoms with Gasteiger partial charge in [0.2, 0.25) is 5.91 Å². The Labute approximate surface area is 152 Å². The maximum atomic E-state index is 13.1. The van der Waals surface area contributed by atoms with Crippen molar-refractivity contribution in [2.45, 2.75) is 30.7 Å². The van der Waals surface area contributed by atoms with E-state index in [2.05, 4.69) is 5.32 Å². The van der Waals surface area contributed by atoms with E-state index in [0.29, 0.717) is 0 Å². The number of benzene rings is 2. The van der Waals surface area contributed by atoms with E-state index in [1.54, 1.807) is 36.4 Å². The number of para-hydroxylation sites is 1. The number of hydrogen-bond donors (Lipinski definition) is 1. The average molecular weight is 379 g/mol. The number of nitrogens with one attached hydrogen (secondary N) is 1. The minimum Gasteiger partial charge on any atom is -0.352 e. The molecule has 1 aliphatic carbocycles. The van der Waals surface area contributed by atoms with E-state index in [9.17, 15) is 13.2 Å². The highest BCUT2D eigenvalue weighted by atomic mass is 35.5. The lowest BCUT2D eigenvalue weighted by Gasteiger charge is -2.25. The van der Waals surface area contributed by atoms with Gasteiger partial charge in [-0.3, -0.25) is 9.10 Å². The number of halogens is 1. The summed E-state index contributed by atoms with van der Waals surface area (Å²) in [6, 6.07) is 13.3. The largest absolute Gasteiger partial charge is 0.352 e. The van der Waals surface area contributed by atoms with Gasteiger partial charge in [0.1, 0.15) is 6.54 Å². The predicted molar refractivity (Wildman–Crippen MR) is 98.3 cm³/mol. The van der Waals surface area contributed by atoms with E-state index in [0.717, 1.165) is 22.7 Å². The zero-order chi connectivity index (χ0) is 18.0. The summed E-state index contributed by atoms with van der Waals surface area (Å²) in [6.45, 7) is 1.57. The third-order valence-electron chi connectivity index (χ3n) is 3.96. The third-order valence-corrected chi connectivity index (χ3v) is 6.05. The predicted octanol–water partition coefficient (Wildman–Crippen LogP) is 3.12. The van der Waals surface area contributed by atoms with Gasteiger partial charge in [0.15, 0.2) is 0 Å². The van der Waals surface area contributed by atoms with Crippen LogP contribution in [-0.4, -0.2) is 26.9 Å². The standard InChI is InChI=1S/C18H19ClN2O3S/c1-13-6-10-15(11-7-13)25(23,24)21(12-18(22)20-14-8-9-14)17-5-3-2-4-16(17)19/h2-7,10-11,14H,8-9,12H2,1H3,(H,20,22). The molecule has 7 heteroatoms. The van der Waals surface area contributed by atoms with Crippen molar-refractivity contribution in [1.82, 2.24) is 5.32 Å². The molecule has 1 saturated carbocycles. The number of hydrogen-bond acceptors (Lipinski definition) is 3. The third kappa shape index (κ3) is 4.14. The highest BCUT2D eigenvalue weighted by Gasteiger charge is 2.30. The highest BCUT2D eigenvalue weighted by molar-refractivity contribution is 7.92. The molecule has 0 saturated heterocycles. The van der Waals surface area contributed by atoms with E-state index in [1.807, 2.05) is 6.92 Å². The maximum Gasteiger partial charge on any atom is 0.264 e. The Kier molecular flexibility index (Phi) is 5.01. The number of amides is 1. The Morgan fingerprint density at radius 3 is 2.40 bits per heavy atom. The number of aryl methyl sites for hydroxylation is 1. The van der Waals surface area contributed by atoms with Gasteiger partial charge in [-0.1, -0.05) is 41.4 Å². The summed E-state index contributed by atoms with van der Waals surface area (Å²) in [5, 5.41) is 3.09. The molecule has 0 atom stereocenters. The lowest BCUT2D eigenvalue weighted by atomic mass is 10.2. The van der Waals surface area contributed by atoms with Crippen LogP contribution in [0.15, 0.2) is 53.4 Å². The molecule has 0 heterocycles. The Morgan fingerprint density at radius 1 is 1.16 bits per heavy atom. The highest BCUT2D eigenvalue weighted by Crippen LogP contribution is 2.30. The van der Waals surface area contributed by atoms with Gasteiger partial charge < -0.3 is 5.32 Å². The van der Waals surface area contributed by atoms with Crippen molar-refractivity contribution in [3.05, 3.63) is 59.1 Å². The molecule has 0 bridgehead atoms. The molecule has 1 aliphatic rings. The lowest BCUT2D eigenvalue weighted by molar-refractivity contribution is -0.119. The number of nitrogens with zero attached hydrogens (tertiary/aromatic N) is 1. The summed E-state index contributed by atoms with van der Waals surface area (Å²) in [4.78, 5) is 12.4. The molecule has 0 aliphatic heterocycles. The summed E-state index contributed by atoms with van der Waals surface area (Å²) < 4.78 is 27.3. The summed E-state index contributed by atoms with van der Waals surface area (Å²) in [5.74, 6) is -0.335. The van der Waals surface area contributed by atoms with Gasteiger partial charge in [0, 0.05) is 6.04 Å². The summed E-state index contributed by atoms with van der Waals surface area (Å²) in [5.41, 5.74) is 1.24. The number of anilines is 1. The van der Waals surface area contributed by atoms with Crippen LogP contribution in [-0.2, 0) is 14.8 Å². The van der Waals surface area contributed by atoms with Crippen LogP contribution in [0.5, 0.6) is 0 Å². The van der Waals surface area contributed by atoms with Crippen molar-refractivity contribution in [2.75, 3.05) is 10.8 Å². The molecular weight excluding hydrogens is 360 g/mol. The van der Waals surface area contributed by atoms with Crippen molar-refractivity contribution in [2.24, 2.45) is 0 Å². The molecule has 2 aromatic rings. The lowest BCUT2D eigenvalue weighted by Crippen LogP contribution is -2.41. The Hall–Kier alpha value is -2.05. The molecule has 1 fully saturated rings. The molecule has 1 N–H and O–H groups in total. The molecule has 5 nitrogen and oxygen atoms in total. The van der Waals surface area contributed by atoms with E-state index >= 15 is 0 Å².